The van der Waals surface area contributed by atoms with E-state index in [1.165, 1.54) is 13.2 Å². The highest BCUT2D eigenvalue weighted by Gasteiger charge is 2.16. The van der Waals surface area contributed by atoms with Crippen molar-refractivity contribution >= 4 is 27.5 Å². The van der Waals surface area contributed by atoms with Crippen molar-refractivity contribution in [2.24, 2.45) is 0 Å². The minimum absolute atomic E-state index is 0.341. The highest BCUT2D eigenvalue weighted by molar-refractivity contribution is 9.10. The number of ether oxygens (including phenoxy) is 2. The summed E-state index contributed by atoms with van der Waals surface area (Å²) in [4.78, 5) is 16.7. The molecule has 0 saturated carbocycles. The zero-order chi connectivity index (χ0) is 20.3. The number of rotatable bonds is 6. The van der Waals surface area contributed by atoms with E-state index in [0.717, 1.165) is 0 Å². The molecule has 0 aliphatic heterocycles. The Bertz CT molecular complexity index is 1020. The van der Waals surface area contributed by atoms with Crippen LogP contribution in [-0.2, 0) is 0 Å². The normalized spacial score (nSPS) is 10.6. The van der Waals surface area contributed by atoms with Gasteiger partial charge in [-0.05, 0) is 60.1 Å². The van der Waals surface area contributed by atoms with E-state index in [0.29, 0.717) is 45.3 Å². The van der Waals surface area contributed by atoms with E-state index in [9.17, 15) is 9.18 Å². The van der Waals surface area contributed by atoms with Crippen LogP contribution in [0, 0.1) is 12.7 Å². The molecule has 0 atom stereocenters. The average molecular weight is 448 g/mol. The highest BCUT2D eigenvalue weighted by Crippen LogP contribution is 2.36. The first kappa shape index (κ1) is 19.9. The maximum absolute atomic E-state index is 14.5. The van der Waals surface area contributed by atoms with E-state index < -0.39 is 11.7 Å². The highest BCUT2D eigenvalue weighted by atomic mass is 79.9. The molecule has 28 heavy (non-hydrogen) atoms. The zero-order valence-corrected chi connectivity index (χ0v) is 17.2. The standard InChI is InChI=1S/C20H19BrFN3O3/c1-4-28-19-15(21)9-13(10-18(19)27-3)20(26)24-14-5-6-17(16(22)11-14)25-8-7-23-12(25)2/h5-11H,4H2,1-3H3,(H,24,26). The quantitative estimate of drug-likeness (QED) is 0.592. The van der Waals surface area contributed by atoms with Gasteiger partial charge in [-0.25, -0.2) is 9.37 Å². The van der Waals surface area contributed by atoms with Crippen molar-refractivity contribution in [3.8, 4) is 17.2 Å². The van der Waals surface area contributed by atoms with Crippen molar-refractivity contribution in [2.45, 2.75) is 13.8 Å². The van der Waals surface area contributed by atoms with E-state index in [1.807, 2.05) is 6.92 Å². The van der Waals surface area contributed by atoms with Crippen LogP contribution in [-0.4, -0.2) is 29.2 Å². The summed E-state index contributed by atoms with van der Waals surface area (Å²) in [6, 6.07) is 7.70. The molecule has 0 unspecified atom stereocenters. The number of carbonyl (C=O) groups is 1. The molecule has 3 rings (SSSR count). The van der Waals surface area contributed by atoms with Crippen LogP contribution < -0.4 is 14.8 Å². The van der Waals surface area contributed by atoms with Crippen LogP contribution in [0.4, 0.5) is 10.1 Å². The number of anilines is 1. The van der Waals surface area contributed by atoms with Crippen LogP contribution >= 0.6 is 15.9 Å². The number of benzene rings is 2. The molecule has 0 aliphatic rings. The summed E-state index contributed by atoms with van der Waals surface area (Å²) >= 11 is 3.39. The third-order valence-corrected chi connectivity index (χ3v) is 4.66. The molecule has 0 spiro atoms. The van der Waals surface area contributed by atoms with Gasteiger partial charge in [0.15, 0.2) is 11.5 Å². The fourth-order valence-electron chi connectivity index (χ4n) is 2.75. The lowest BCUT2D eigenvalue weighted by Gasteiger charge is -2.14. The largest absolute Gasteiger partial charge is 0.493 e. The van der Waals surface area contributed by atoms with Crippen LogP contribution in [0.2, 0.25) is 0 Å². The van der Waals surface area contributed by atoms with Crippen molar-refractivity contribution in [2.75, 3.05) is 19.0 Å². The minimum atomic E-state index is -0.468. The van der Waals surface area contributed by atoms with E-state index in [-0.39, 0.29) is 0 Å². The third-order valence-electron chi connectivity index (χ3n) is 4.07. The summed E-state index contributed by atoms with van der Waals surface area (Å²) in [6.07, 6.45) is 3.28. The van der Waals surface area contributed by atoms with E-state index in [2.05, 4.69) is 26.2 Å². The van der Waals surface area contributed by atoms with Gasteiger partial charge < -0.3 is 19.4 Å². The Morgan fingerprint density at radius 3 is 2.71 bits per heavy atom. The van der Waals surface area contributed by atoms with Gasteiger partial charge in [0.05, 0.1) is 23.9 Å². The molecule has 146 valence electrons. The maximum atomic E-state index is 14.5. The molecule has 3 aromatic rings. The molecule has 1 amide bonds. The van der Waals surface area contributed by atoms with E-state index >= 15 is 0 Å². The minimum Gasteiger partial charge on any atom is -0.493 e. The van der Waals surface area contributed by atoms with E-state index in [1.54, 1.807) is 48.1 Å². The molecule has 1 heterocycles. The van der Waals surface area contributed by atoms with Gasteiger partial charge in [-0.1, -0.05) is 0 Å². The molecule has 2 aromatic carbocycles. The number of nitrogens with zero attached hydrogens (tertiary/aromatic N) is 2. The topological polar surface area (TPSA) is 65.4 Å². The van der Waals surface area contributed by atoms with Gasteiger partial charge >= 0.3 is 0 Å². The first-order chi connectivity index (χ1) is 13.4. The van der Waals surface area contributed by atoms with Crippen LogP contribution in [0.1, 0.15) is 23.1 Å². The summed E-state index contributed by atoms with van der Waals surface area (Å²) in [5, 5.41) is 2.70. The Balaban J connectivity index is 1.84. The number of methoxy groups -OCH3 is 1. The predicted molar refractivity (Wildman–Crippen MR) is 108 cm³/mol. The maximum Gasteiger partial charge on any atom is 0.255 e. The Morgan fingerprint density at radius 1 is 1.32 bits per heavy atom. The molecule has 8 heteroatoms. The average Bonchev–Trinajstić information content (AvgIpc) is 3.09. The molecule has 1 N–H and O–H groups in total. The van der Waals surface area contributed by atoms with E-state index in [4.69, 9.17) is 9.47 Å². The van der Waals surface area contributed by atoms with Crippen LogP contribution in [0.3, 0.4) is 0 Å². The monoisotopic (exact) mass is 447 g/mol. The van der Waals surface area contributed by atoms with Gasteiger partial charge in [-0.2, -0.15) is 0 Å². The lowest BCUT2D eigenvalue weighted by Crippen LogP contribution is -2.13. The molecule has 0 bridgehead atoms. The number of amides is 1. The van der Waals surface area contributed by atoms with Crippen molar-refractivity contribution in [3.63, 3.8) is 0 Å². The van der Waals surface area contributed by atoms with Gasteiger partial charge in [-0.15, -0.1) is 0 Å². The second-order valence-electron chi connectivity index (χ2n) is 5.89. The lowest BCUT2D eigenvalue weighted by molar-refractivity contribution is 0.102. The van der Waals surface area contributed by atoms with Gasteiger partial charge in [-0.3, -0.25) is 4.79 Å². The van der Waals surface area contributed by atoms with Gasteiger partial charge in [0.25, 0.3) is 5.91 Å². The summed E-state index contributed by atoms with van der Waals surface area (Å²) in [5.41, 5.74) is 1.05. The van der Waals surface area contributed by atoms with Crippen molar-refractivity contribution in [1.29, 1.82) is 0 Å². The number of aryl methyl sites for hydroxylation is 1. The number of imidazole rings is 1. The second-order valence-corrected chi connectivity index (χ2v) is 6.74. The van der Waals surface area contributed by atoms with Crippen LogP contribution in [0.5, 0.6) is 11.5 Å². The van der Waals surface area contributed by atoms with Gasteiger partial charge in [0.2, 0.25) is 0 Å². The summed E-state index contributed by atoms with van der Waals surface area (Å²) in [7, 11) is 1.50. The predicted octanol–water partition coefficient (Wildman–Crippen LogP) is 4.74. The smallest absolute Gasteiger partial charge is 0.255 e. The molecule has 0 fully saturated rings. The lowest BCUT2D eigenvalue weighted by atomic mass is 10.1. The Kier molecular flexibility index (Phi) is 5.99. The number of carbonyl (C=O) groups excluding carboxylic acids is 1. The number of hydrogen-bond donors (Lipinski definition) is 1. The Hall–Kier alpha value is -2.87. The molecule has 6 nitrogen and oxygen atoms in total. The third kappa shape index (κ3) is 4.01. The summed E-state index contributed by atoms with van der Waals surface area (Å²) in [5.74, 6) is 0.755. The number of aromatic nitrogens is 2. The fraction of sp³-hybridized carbons (Fsp3) is 0.200. The molecule has 0 aliphatic carbocycles. The Morgan fingerprint density at radius 2 is 2.11 bits per heavy atom. The summed E-state index contributed by atoms with van der Waals surface area (Å²) in [6.45, 7) is 4.10. The molecule has 0 saturated heterocycles. The molecule has 0 radical (unpaired) electrons. The van der Waals surface area contributed by atoms with Crippen molar-refractivity contribution in [1.82, 2.24) is 9.55 Å². The number of nitrogens with one attached hydrogen (secondary N) is 1. The molecular formula is C20H19BrFN3O3. The van der Waals surface area contributed by atoms with Crippen LogP contribution in [0.25, 0.3) is 5.69 Å². The number of hydrogen-bond acceptors (Lipinski definition) is 4. The van der Waals surface area contributed by atoms with Gasteiger partial charge in [0.1, 0.15) is 11.6 Å². The fourth-order valence-corrected chi connectivity index (χ4v) is 3.31. The number of halogens is 2. The SMILES string of the molecule is CCOc1c(Br)cc(C(=O)Nc2ccc(-n3ccnc3C)c(F)c2)cc1OC. The van der Waals surface area contributed by atoms with Crippen LogP contribution in [0.15, 0.2) is 47.2 Å². The molecule has 1 aromatic heterocycles. The second kappa shape index (κ2) is 8.43. The summed E-state index contributed by atoms with van der Waals surface area (Å²) < 4.78 is 27.6. The first-order valence-electron chi connectivity index (χ1n) is 8.56. The zero-order valence-electron chi connectivity index (χ0n) is 15.6. The van der Waals surface area contributed by atoms with Gasteiger partial charge in [0, 0.05) is 23.6 Å². The van der Waals surface area contributed by atoms with Crippen molar-refractivity contribution < 1.29 is 18.7 Å². The first-order valence-corrected chi connectivity index (χ1v) is 9.35. The van der Waals surface area contributed by atoms with Crippen molar-refractivity contribution in [3.05, 3.63) is 64.4 Å². The molecular weight excluding hydrogens is 429 g/mol. The Labute approximate surface area is 170 Å².